The van der Waals surface area contributed by atoms with Gasteiger partial charge in [0.2, 0.25) is 0 Å². The molecule has 2 aromatic rings. The number of rotatable bonds is 2. The van der Waals surface area contributed by atoms with E-state index >= 15 is 0 Å². The lowest BCUT2D eigenvalue weighted by Crippen LogP contribution is -2.11. The van der Waals surface area contributed by atoms with E-state index in [9.17, 15) is 5.11 Å². The predicted octanol–water partition coefficient (Wildman–Crippen LogP) is 2.16. The molecule has 0 aliphatic heterocycles. The van der Waals surface area contributed by atoms with Crippen LogP contribution in [0.3, 0.4) is 0 Å². The first-order chi connectivity index (χ1) is 7.13. The van der Waals surface area contributed by atoms with Crippen molar-refractivity contribution in [2.45, 2.75) is 13.0 Å². The number of phenolic OH excluding ortho intramolecular Hbond substituents is 1. The van der Waals surface area contributed by atoms with Gasteiger partial charge in [0.25, 0.3) is 0 Å². The summed E-state index contributed by atoms with van der Waals surface area (Å²) < 4.78 is 2.04. The summed E-state index contributed by atoms with van der Waals surface area (Å²) in [5.74, 6) is 0.312. The van der Waals surface area contributed by atoms with E-state index < -0.39 is 0 Å². The van der Waals surface area contributed by atoms with Gasteiger partial charge in [-0.2, -0.15) is 0 Å². The van der Waals surface area contributed by atoms with Crippen molar-refractivity contribution in [3.8, 4) is 5.75 Å². The predicted molar refractivity (Wildman–Crippen MR) is 62.1 cm³/mol. The third kappa shape index (κ3) is 1.59. The lowest BCUT2D eigenvalue weighted by molar-refractivity contribution is 0.476. The highest BCUT2D eigenvalue weighted by molar-refractivity contribution is 5.85. The first-order valence-corrected chi connectivity index (χ1v) is 5.08. The van der Waals surface area contributed by atoms with Crippen LogP contribution in [0.2, 0.25) is 0 Å². The number of phenols is 1. The number of nitrogens with zero attached hydrogens (tertiary/aromatic N) is 1. The molecule has 1 unspecified atom stereocenters. The van der Waals surface area contributed by atoms with Crippen LogP contribution >= 0.6 is 0 Å². The van der Waals surface area contributed by atoms with Crippen molar-refractivity contribution in [3.05, 3.63) is 30.0 Å². The Kier molecular flexibility index (Phi) is 2.40. The number of hydrogen-bond acceptors (Lipinski definition) is 2. The number of fused-ring (bicyclic) bond motifs is 1. The molecule has 0 fully saturated rings. The topological polar surface area (TPSA) is 37.2 Å². The van der Waals surface area contributed by atoms with Crippen molar-refractivity contribution >= 4 is 10.9 Å². The average Bonchev–Trinajstić information content (AvgIpc) is 2.55. The van der Waals surface area contributed by atoms with Gasteiger partial charge in [0, 0.05) is 30.7 Å². The van der Waals surface area contributed by atoms with Crippen molar-refractivity contribution in [2.24, 2.45) is 7.05 Å². The summed E-state index contributed by atoms with van der Waals surface area (Å²) in [7, 11) is 3.94. The second-order valence-electron chi connectivity index (χ2n) is 3.91. The van der Waals surface area contributed by atoms with E-state index in [4.69, 9.17) is 0 Å². The SMILES string of the molecule is CNC(C)c1cn(C)c2cc(O)ccc12. The minimum atomic E-state index is 0.312. The molecule has 0 radical (unpaired) electrons. The van der Waals surface area contributed by atoms with Gasteiger partial charge in [-0.05, 0) is 31.7 Å². The molecule has 0 aliphatic carbocycles. The molecule has 0 saturated carbocycles. The molecule has 15 heavy (non-hydrogen) atoms. The van der Waals surface area contributed by atoms with E-state index in [2.05, 4.69) is 18.4 Å². The Balaban J connectivity index is 2.68. The molecule has 0 amide bonds. The molecule has 1 atom stereocenters. The van der Waals surface area contributed by atoms with Gasteiger partial charge in [0.1, 0.15) is 5.75 Å². The van der Waals surface area contributed by atoms with Gasteiger partial charge in [-0.3, -0.25) is 0 Å². The van der Waals surface area contributed by atoms with Crippen LogP contribution < -0.4 is 5.32 Å². The highest BCUT2D eigenvalue weighted by atomic mass is 16.3. The summed E-state index contributed by atoms with van der Waals surface area (Å²) in [4.78, 5) is 0. The van der Waals surface area contributed by atoms with Crippen LogP contribution in [-0.2, 0) is 7.05 Å². The van der Waals surface area contributed by atoms with Gasteiger partial charge in [0.15, 0.2) is 0 Å². The molecule has 0 saturated heterocycles. The second kappa shape index (κ2) is 3.59. The second-order valence-corrected chi connectivity index (χ2v) is 3.91. The van der Waals surface area contributed by atoms with Crippen LogP contribution in [0, 0.1) is 0 Å². The highest BCUT2D eigenvalue weighted by Gasteiger charge is 2.11. The number of aromatic hydroxyl groups is 1. The van der Waals surface area contributed by atoms with E-state index in [0.29, 0.717) is 11.8 Å². The molecular formula is C12H16N2O. The fourth-order valence-corrected chi connectivity index (χ4v) is 1.90. The summed E-state index contributed by atoms with van der Waals surface area (Å²) in [5.41, 5.74) is 2.32. The fraction of sp³-hybridized carbons (Fsp3) is 0.333. The minimum Gasteiger partial charge on any atom is -0.508 e. The molecule has 80 valence electrons. The van der Waals surface area contributed by atoms with Crippen LogP contribution in [0.5, 0.6) is 5.75 Å². The van der Waals surface area contributed by atoms with Gasteiger partial charge in [-0.25, -0.2) is 0 Å². The lowest BCUT2D eigenvalue weighted by atomic mass is 10.1. The molecule has 1 aromatic carbocycles. The number of nitrogens with one attached hydrogen (secondary N) is 1. The summed E-state index contributed by atoms with van der Waals surface area (Å²) >= 11 is 0. The van der Waals surface area contributed by atoms with Gasteiger partial charge >= 0.3 is 0 Å². The molecule has 0 aliphatic rings. The van der Waals surface area contributed by atoms with Crippen molar-refractivity contribution in [1.29, 1.82) is 0 Å². The third-order valence-electron chi connectivity index (χ3n) is 2.90. The summed E-state index contributed by atoms with van der Waals surface area (Å²) in [6.07, 6.45) is 2.10. The monoisotopic (exact) mass is 204 g/mol. The van der Waals surface area contributed by atoms with E-state index in [1.807, 2.05) is 24.7 Å². The average molecular weight is 204 g/mol. The third-order valence-corrected chi connectivity index (χ3v) is 2.90. The van der Waals surface area contributed by atoms with E-state index in [0.717, 1.165) is 5.52 Å². The zero-order valence-corrected chi connectivity index (χ0v) is 9.28. The molecule has 0 spiro atoms. The van der Waals surface area contributed by atoms with Crippen LogP contribution in [-0.4, -0.2) is 16.7 Å². The van der Waals surface area contributed by atoms with Crippen molar-refractivity contribution < 1.29 is 5.11 Å². The van der Waals surface area contributed by atoms with Gasteiger partial charge in [-0.15, -0.1) is 0 Å². The van der Waals surface area contributed by atoms with Crippen molar-refractivity contribution in [1.82, 2.24) is 9.88 Å². The molecule has 2 rings (SSSR count). The van der Waals surface area contributed by atoms with E-state index in [1.165, 1.54) is 10.9 Å². The van der Waals surface area contributed by atoms with Crippen LogP contribution in [0.4, 0.5) is 0 Å². The largest absolute Gasteiger partial charge is 0.508 e. The summed E-state index contributed by atoms with van der Waals surface area (Å²) in [6.45, 7) is 2.13. The number of benzene rings is 1. The van der Waals surface area contributed by atoms with Crippen LogP contribution in [0.1, 0.15) is 18.5 Å². The Morgan fingerprint density at radius 3 is 2.80 bits per heavy atom. The van der Waals surface area contributed by atoms with Gasteiger partial charge < -0.3 is 15.0 Å². The molecule has 0 bridgehead atoms. The maximum absolute atomic E-state index is 9.43. The first-order valence-electron chi connectivity index (χ1n) is 5.08. The summed E-state index contributed by atoms with van der Waals surface area (Å²) in [6, 6.07) is 5.81. The molecule has 1 heterocycles. The van der Waals surface area contributed by atoms with Gasteiger partial charge in [-0.1, -0.05) is 0 Å². The highest BCUT2D eigenvalue weighted by Crippen LogP contribution is 2.28. The molecule has 3 heteroatoms. The Labute approximate surface area is 89.3 Å². The number of hydrogen-bond donors (Lipinski definition) is 2. The Morgan fingerprint density at radius 2 is 2.13 bits per heavy atom. The standard InChI is InChI=1S/C12H16N2O/c1-8(13-2)11-7-14(3)12-6-9(15)4-5-10(11)12/h4-8,13,15H,1-3H3. The smallest absolute Gasteiger partial charge is 0.117 e. The molecule has 1 aromatic heterocycles. The lowest BCUT2D eigenvalue weighted by Gasteiger charge is -2.08. The van der Waals surface area contributed by atoms with Gasteiger partial charge in [0.05, 0.1) is 5.52 Å². The first kappa shape index (κ1) is 10.1. The zero-order chi connectivity index (χ0) is 11.0. The quantitative estimate of drug-likeness (QED) is 0.786. The maximum atomic E-state index is 9.43. The Hall–Kier alpha value is -1.48. The fourth-order valence-electron chi connectivity index (χ4n) is 1.90. The normalized spacial score (nSPS) is 13.3. The number of aromatic nitrogens is 1. The minimum absolute atomic E-state index is 0.312. The van der Waals surface area contributed by atoms with Crippen molar-refractivity contribution in [3.63, 3.8) is 0 Å². The van der Waals surface area contributed by atoms with E-state index in [1.54, 1.807) is 12.1 Å². The van der Waals surface area contributed by atoms with Crippen LogP contribution in [0.25, 0.3) is 10.9 Å². The maximum Gasteiger partial charge on any atom is 0.117 e. The number of aryl methyl sites for hydroxylation is 1. The molecular weight excluding hydrogens is 188 g/mol. The Morgan fingerprint density at radius 1 is 1.40 bits per heavy atom. The molecule has 3 nitrogen and oxygen atoms in total. The van der Waals surface area contributed by atoms with E-state index in [-0.39, 0.29) is 0 Å². The molecule has 2 N–H and O–H groups in total. The van der Waals surface area contributed by atoms with Crippen molar-refractivity contribution in [2.75, 3.05) is 7.05 Å². The summed E-state index contributed by atoms with van der Waals surface area (Å²) in [5, 5.41) is 13.8. The Bertz CT molecular complexity index is 488. The zero-order valence-electron chi connectivity index (χ0n) is 9.28. The van der Waals surface area contributed by atoms with Crippen LogP contribution in [0.15, 0.2) is 24.4 Å².